The second-order valence-corrected chi connectivity index (χ2v) is 14.8. The van der Waals surface area contributed by atoms with Gasteiger partial charge in [0.05, 0.1) is 17.8 Å². The molecular weight excluding hydrogens is 562 g/mol. The predicted octanol–water partition coefficient (Wildman–Crippen LogP) is 3.58. The predicted molar refractivity (Wildman–Crippen MR) is 171 cm³/mol. The lowest BCUT2D eigenvalue weighted by atomic mass is 9.74. The van der Waals surface area contributed by atoms with E-state index in [2.05, 4.69) is 23.6 Å². The van der Waals surface area contributed by atoms with Crippen molar-refractivity contribution >= 4 is 11.8 Å². The molecule has 0 unspecified atom stereocenters. The van der Waals surface area contributed by atoms with E-state index >= 15 is 0 Å². The van der Waals surface area contributed by atoms with E-state index in [-0.39, 0.29) is 36.5 Å². The smallest absolute Gasteiger partial charge is 0.319 e. The summed E-state index contributed by atoms with van der Waals surface area (Å²) in [4.78, 5) is 34.7. The summed E-state index contributed by atoms with van der Waals surface area (Å²) in [6.07, 6.45) is 2.99. The fourth-order valence-corrected chi connectivity index (χ4v) is 7.69. The lowest BCUT2D eigenvalue weighted by Crippen LogP contribution is -2.59. The van der Waals surface area contributed by atoms with E-state index in [1.807, 2.05) is 32.8 Å². The summed E-state index contributed by atoms with van der Waals surface area (Å²) in [7, 11) is 5.52. The third-order valence-electron chi connectivity index (χ3n) is 10.5. The molecular formula is C34H63N3O7. The van der Waals surface area contributed by atoms with Gasteiger partial charge >= 0.3 is 5.97 Å². The molecule has 9 atom stereocenters. The zero-order chi connectivity index (χ0) is 32.8. The van der Waals surface area contributed by atoms with Crippen LogP contribution in [0.2, 0.25) is 0 Å². The number of aliphatic hydroxyl groups is 1. The van der Waals surface area contributed by atoms with E-state index in [9.17, 15) is 14.7 Å². The Hall–Kier alpha value is -1.14. The first-order chi connectivity index (χ1) is 20.6. The molecule has 0 aliphatic carbocycles. The van der Waals surface area contributed by atoms with Gasteiger partial charge in [-0.3, -0.25) is 14.5 Å². The van der Waals surface area contributed by atoms with Crippen LogP contribution in [0.3, 0.4) is 0 Å². The first kappa shape index (κ1) is 37.3. The monoisotopic (exact) mass is 625 g/mol. The van der Waals surface area contributed by atoms with Gasteiger partial charge in [-0.1, -0.05) is 20.8 Å². The maximum Gasteiger partial charge on any atom is 0.319 e. The third-order valence-corrected chi connectivity index (χ3v) is 10.5. The van der Waals surface area contributed by atoms with Crippen molar-refractivity contribution < 1.29 is 33.6 Å². The number of likely N-dealkylation sites (tertiary alicyclic amines) is 1. The van der Waals surface area contributed by atoms with Crippen LogP contribution in [0.15, 0.2) is 0 Å². The van der Waals surface area contributed by atoms with E-state index in [0.29, 0.717) is 12.8 Å². The summed E-state index contributed by atoms with van der Waals surface area (Å²) < 4.78 is 25.0. The number of carbonyl (C=O) groups excluding carboxylic acids is 2. The number of likely N-dealkylation sites (N-methyl/N-ethyl adjacent to an activating group) is 2. The van der Waals surface area contributed by atoms with Crippen molar-refractivity contribution in [1.82, 2.24) is 14.7 Å². The van der Waals surface area contributed by atoms with Crippen LogP contribution in [0, 0.1) is 17.3 Å². The largest absolute Gasteiger partial charge is 0.463 e. The number of esters is 1. The number of ether oxygens (including phenoxy) is 4. The van der Waals surface area contributed by atoms with Crippen molar-refractivity contribution in [2.45, 2.75) is 129 Å². The summed E-state index contributed by atoms with van der Waals surface area (Å²) in [5.41, 5.74) is -2.29. The average molecular weight is 626 g/mol. The minimum atomic E-state index is -1.39. The SMILES string of the molecule is CCN1C[C@H](C)C[C@@](C)(OC)[C@H](O[C@@H]2O[C@H](C)C[C@H](N(C)C)[C@H]2O)[C@@H](C)C(=O)C(C)(C)C(=O)OC[C@H]1CCCN1CCCC1. The normalized spacial score (nSPS) is 38.6. The maximum atomic E-state index is 14.2. The molecule has 0 bridgehead atoms. The molecule has 0 amide bonds. The highest BCUT2D eigenvalue weighted by atomic mass is 16.7. The number of rotatable bonds is 9. The number of ketones is 1. The Morgan fingerprint density at radius 2 is 1.75 bits per heavy atom. The third kappa shape index (κ3) is 9.02. The highest BCUT2D eigenvalue weighted by Gasteiger charge is 2.51. The van der Waals surface area contributed by atoms with Crippen LogP contribution in [-0.2, 0) is 28.5 Å². The molecule has 44 heavy (non-hydrogen) atoms. The maximum absolute atomic E-state index is 14.2. The Bertz CT molecular complexity index is 927. The summed E-state index contributed by atoms with van der Waals surface area (Å²) in [5.74, 6) is -1.34. The van der Waals surface area contributed by atoms with Gasteiger partial charge in [0.25, 0.3) is 0 Å². The lowest BCUT2D eigenvalue weighted by molar-refractivity contribution is -0.295. The van der Waals surface area contributed by atoms with Gasteiger partial charge in [-0.2, -0.15) is 0 Å². The quantitative estimate of drug-likeness (QED) is 0.302. The number of hydrogen-bond acceptors (Lipinski definition) is 10. The van der Waals surface area contributed by atoms with Gasteiger partial charge in [0.2, 0.25) is 0 Å². The minimum Gasteiger partial charge on any atom is -0.463 e. The van der Waals surface area contributed by atoms with Gasteiger partial charge in [0, 0.05) is 31.7 Å². The van der Waals surface area contributed by atoms with E-state index in [1.54, 1.807) is 27.9 Å². The highest BCUT2D eigenvalue weighted by molar-refractivity contribution is 6.04. The summed E-state index contributed by atoms with van der Waals surface area (Å²) in [6.45, 7) is 18.7. The van der Waals surface area contributed by atoms with Crippen molar-refractivity contribution in [3.8, 4) is 0 Å². The molecule has 3 rings (SSSR count). The van der Waals surface area contributed by atoms with Crippen LogP contribution in [0.4, 0.5) is 0 Å². The fraction of sp³-hybridized carbons (Fsp3) is 0.941. The number of aliphatic hydroxyl groups excluding tert-OH is 1. The Morgan fingerprint density at radius 3 is 2.34 bits per heavy atom. The molecule has 0 saturated carbocycles. The topological polar surface area (TPSA) is 101 Å². The summed E-state index contributed by atoms with van der Waals surface area (Å²) in [5, 5.41) is 11.3. The van der Waals surface area contributed by atoms with Crippen LogP contribution in [0.5, 0.6) is 0 Å². The van der Waals surface area contributed by atoms with Crippen LogP contribution in [0.1, 0.15) is 87.0 Å². The lowest BCUT2D eigenvalue weighted by Gasteiger charge is -2.47. The fourth-order valence-electron chi connectivity index (χ4n) is 7.69. The summed E-state index contributed by atoms with van der Waals surface area (Å²) in [6, 6.07) is -0.0988. The molecule has 3 saturated heterocycles. The van der Waals surface area contributed by atoms with Gasteiger partial charge in [-0.05, 0) is 112 Å². The molecule has 1 N–H and O–H groups in total. The molecule has 3 fully saturated rings. The average Bonchev–Trinajstić information content (AvgIpc) is 3.49. The number of hydrogen-bond donors (Lipinski definition) is 1. The number of carbonyl (C=O) groups is 2. The molecule has 256 valence electrons. The first-order valence-electron chi connectivity index (χ1n) is 17.0. The minimum absolute atomic E-state index is 0.0640. The molecule has 0 spiro atoms. The standard InChI is InChI=1S/C34H63N3O7/c1-11-37-21-23(2)20-34(7,41-10)30(44-31-28(38)27(35(8)9)19-24(3)43-31)25(4)29(39)33(5,6)32(40)42-22-26(37)15-14-18-36-16-12-13-17-36/h23-28,30-31,38H,11-22H2,1-10H3/t23-,24-,25+,26-,27+,28-,30-,31+,34-/m1/s1. The number of cyclic esters (lactones) is 1. The van der Waals surface area contributed by atoms with Crippen molar-refractivity contribution in [3.05, 3.63) is 0 Å². The van der Waals surface area contributed by atoms with E-state index in [0.717, 1.165) is 32.5 Å². The van der Waals surface area contributed by atoms with Gasteiger partial charge in [-0.25, -0.2) is 0 Å². The van der Waals surface area contributed by atoms with Crippen LogP contribution >= 0.6 is 0 Å². The Kier molecular flexibility index (Phi) is 13.7. The first-order valence-corrected chi connectivity index (χ1v) is 17.0. The van der Waals surface area contributed by atoms with Crippen molar-refractivity contribution in [2.24, 2.45) is 17.3 Å². The van der Waals surface area contributed by atoms with Crippen LogP contribution < -0.4 is 0 Å². The molecule has 10 nitrogen and oxygen atoms in total. The van der Waals surface area contributed by atoms with Crippen molar-refractivity contribution in [3.63, 3.8) is 0 Å². The number of methoxy groups -OCH3 is 1. The summed E-state index contributed by atoms with van der Waals surface area (Å²) >= 11 is 0. The second kappa shape index (κ2) is 16.1. The number of nitrogens with zero attached hydrogens (tertiary/aromatic N) is 3. The second-order valence-electron chi connectivity index (χ2n) is 14.8. The van der Waals surface area contributed by atoms with Crippen molar-refractivity contribution in [1.29, 1.82) is 0 Å². The Balaban J connectivity index is 1.93. The van der Waals surface area contributed by atoms with E-state index < -0.39 is 41.4 Å². The Labute approximate surface area is 267 Å². The molecule has 0 aromatic rings. The molecule has 0 radical (unpaired) electrons. The zero-order valence-electron chi connectivity index (χ0n) is 29.3. The van der Waals surface area contributed by atoms with Gasteiger partial charge < -0.3 is 33.9 Å². The van der Waals surface area contributed by atoms with E-state index in [1.165, 1.54) is 25.9 Å². The molecule has 10 heteroatoms. The van der Waals surface area contributed by atoms with Crippen LogP contribution in [-0.4, -0.2) is 134 Å². The molecule has 0 aromatic heterocycles. The van der Waals surface area contributed by atoms with Crippen molar-refractivity contribution in [2.75, 3.05) is 60.5 Å². The highest BCUT2D eigenvalue weighted by Crippen LogP contribution is 2.38. The molecule has 3 aliphatic heterocycles. The Morgan fingerprint density at radius 1 is 1.09 bits per heavy atom. The zero-order valence-corrected chi connectivity index (χ0v) is 29.3. The number of Topliss-reactive ketones (excluding diaryl/α,β-unsaturated/α-hetero) is 1. The molecule has 0 aromatic carbocycles. The molecule has 3 aliphatic rings. The van der Waals surface area contributed by atoms with E-state index in [4.69, 9.17) is 18.9 Å². The van der Waals surface area contributed by atoms with Gasteiger partial charge in [0.15, 0.2) is 12.1 Å². The van der Waals surface area contributed by atoms with Gasteiger partial charge in [-0.15, -0.1) is 0 Å². The molecule has 3 heterocycles. The van der Waals surface area contributed by atoms with Crippen LogP contribution in [0.25, 0.3) is 0 Å². The van der Waals surface area contributed by atoms with Gasteiger partial charge in [0.1, 0.15) is 18.1 Å².